The van der Waals surface area contributed by atoms with E-state index in [1.54, 1.807) is 127 Å². The number of H-pyrrole nitrogens is 1. The minimum atomic E-state index is -1.85. The van der Waals surface area contributed by atoms with E-state index in [1.807, 2.05) is 13.8 Å². The van der Waals surface area contributed by atoms with E-state index >= 15 is 0 Å². The van der Waals surface area contributed by atoms with Crippen molar-refractivity contribution in [1.82, 2.24) is 95.4 Å². The third-order valence-electron chi connectivity index (χ3n) is 24.7. The number of primary amides is 3. The average Bonchev–Trinajstić information content (AvgIpc) is 1.80. The van der Waals surface area contributed by atoms with Crippen LogP contribution in [0.2, 0.25) is 0 Å². The number of aliphatic hydroxyl groups excluding tert-OH is 1. The molecular formula is C100H172N26O23. The number of nitrogens with two attached hydrogens (primary N) is 7. The Morgan fingerprint density at radius 2 is 0.678 bits per heavy atom. The number of carboxylic acids is 1. The number of unbranched alkanes of at least 4 members (excludes halogenated alkanes) is 3. The van der Waals surface area contributed by atoms with Gasteiger partial charge in [-0.1, -0.05) is 148 Å². The highest BCUT2D eigenvalue weighted by atomic mass is 16.4. The lowest BCUT2D eigenvalue weighted by atomic mass is 9.96. The number of aliphatic hydroxyl groups is 1. The molecular weight excluding hydrogens is 1930 g/mol. The van der Waals surface area contributed by atoms with Crippen molar-refractivity contribution in [3.05, 3.63) is 36.0 Å². The number of nitrogens with zero attached hydrogens (tertiary/aromatic N) is 1. The summed E-state index contributed by atoms with van der Waals surface area (Å²) in [5.74, 6) is -23.1. The van der Waals surface area contributed by atoms with Crippen LogP contribution in [0.15, 0.2) is 35.5 Å². The van der Waals surface area contributed by atoms with Crippen LogP contribution < -0.4 is 131 Å². The molecule has 0 saturated carbocycles. The lowest BCUT2D eigenvalue weighted by Crippen LogP contribution is -2.62. The lowest BCUT2D eigenvalue weighted by molar-refractivity contribution is -0.143. The number of amides is 20. The van der Waals surface area contributed by atoms with E-state index in [4.69, 9.17) is 40.1 Å². The molecule has 2 aromatic rings. The molecule has 49 nitrogen and oxygen atoms in total. The molecule has 840 valence electrons. The molecule has 2 rings (SSSR count). The molecule has 34 N–H and O–H groups in total. The van der Waals surface area contributed by atoms with Crippen LogP contribution in [-0.4, -0.2) is 274 Å². The largest absolute Gasteiger partial charge is 0.480 e. The second-order valence-corrected chi connectivity index (χ2v) is 40.8. The van der Waals surface area contributed by atoms with Crippen molar-refractivity contribution < 1.29 is 111 Å². The fourth-order valence-electron chi connectivity index (χ4n) is 16.0. The number of aromatic nitrogens is 1. The van der Waals surface area contributed by atoms with E-state index < -0.39 is 283 Å². The van der Waals surface area contributed by atoms with Gasteiger partial charge in [0.2, 0.25) is 118 Å². The number of nitrogens with one attached hydrogen (secondary N) is 18. The summed E-state index contributed by atoms with van der Waals surface area (Å²) in [7, 11) is 0. The molecule has 1 aromatic carbocycles. The summed E-state index contributed by atoms with van der Waals surface area (Å²) < 4.78 is 0. The molecule has 0 fully saturated rings. The summed E-state index contributed by atoms with van der Waals surface area (Å²) in [5, 5.41) is 66.0. The average molecular weight is 2110 g/mol. The molecule has 0 radical (unpaired) electrons. The molecule has 0 unspecified atom stereocenters. The molecule has 20 amide bonds. The van der Waals surface area contributed by atoms with Crippen LogP contribution in [0.3, 0.4) is 0 Å². The van der Waals surface area contributed by atoms with Gasteiger partial charge in [-0.05, 0) is 182 Å². The van der Waals surface area contributed by atoms with Crippen molar-refractivity contribution in [2.24, 2.45) is 92.5 Å². The minimum absolute atomic E-state index is 0.0138. The number of benzene rings is 1. The Kier molecular flexibility index (Phi) is 60.5. The van der Waals surface area contributed by atoms with E-state index in [2.05, 4.69) is 100 Å². The van der Waals surface area contributed by atoms with Gasteiger partial charge in [0.25, 0.3) is 0 Å². The Bertz CT molecular complexity index is 4770. The van der Waals surface area contributed by atoms with Crippen molar-refractivity contribution in [2.75, 3.05) is 26.2 Å². The Morgan fingerprint density at radius 1 is 0.336 bits per heavy atom. The van der Waals surface area contributed by atoms with E-state index in [-0.39, 0.29) is 132 Å². The third kappa shape index (κ3) is 50.6. The zero-order valence-electron chi connectivity index (χ0n) is 89.9. The predicted molar refractivity (Wildman–Crippen MR) is 558 cm³/mol. The van der Waals surface area contributed by atoms with Crippen LogP contribution in [0.4, 0.5) is 0 Å². The Hall–Kier alpha value is -13.2. The van der Waals surface area contributed by atoms with Crippen molar-refractivity contribution in [3.8, 4) is 0 Å². The van der Waals surface area contributed by atoms with Gasteiger partial charge in [0.15, 0.2) is 5.96 Å². The fraction of sp³-hybridized carbons (Fsp3) is 0.700. The maximum absolute atomic E-state index is 14.9. The van der Waals surface area contributed by atoms with E-state index in [0.717, 1.165) is 0 Å². The van der Waals surface area contributed by atoms with Crippen molar-refractivity contribution in [3.63, 3.8) is 0 Å². The smallest absolute Gasteiger partial charge is 0.326 e. The summed E-state index contributed by atoms with van der Waals surface area (Å²) in [4.78, 5) is 301. The van der Waals surface area contributed by atoms with E-state index in [1.165, 1.54) is 13.8 Å². The molecule has 49 heteroatoms. The minimum Gasteiger partial charge on any atom is -0.480 e. The number of aromatic amines is 1. The topological polar surface area (TPSA) is 814 Å². The lowest BCUT2D eigenvalue weighted by Gasteiger charge is -2.30. The maximum Gasteiger partial charge on any atom is 0.326 e. The number of carbonyl (C=O) groups is 21. The number of hydrogen-bond acceptors (Lipinski definition) is 25. The zero-order chi connectivity index (χ0) is 113. The zero-order valence-corrected chi connectivity index (χ0v) is 89.9. The Balaban J connectivity index is 2.56. The predicted octanol–water partition coefficient (Wildman–Crippen LogP) is -2.45. The van der Waals surface area contributed by atoms with Gasteiger partial charge in [0.1, 0.15) is 96.7 Å². The van der Waals surface area contributed by atoms with Crippen LogP contribution >= 0.6 is 0 Å². The van der Waals surface area contributed by atoms with Crippen LogP contribution in [0.25, 0.3) is 10.9 Å². The van der Waals surface area contributed by atoms with Gasteiger partial charge in [-0.2, -0.15) is 0 Å². The second-order valence-electron chi connectivity index (χ2n) is 40.8. The van der Waals surface area contributed by atoms with E-state index in [9.17, 15) is 111 Å². The summed E-state index contributed by atoms with van der Waals surface area (Å²) in [6.45, 7) is 29.5. The van der Waals surface area contributed by atoms with Gasteiger partial charge in [0.05, 0.1) is 12.6 Å². The van der Waals surface area contributed by atoms with Crippen LogP contribution in [-0.2, 0) is 107 Å². The highest BCUT2D eigenvalue weighted by Gasteiger charge is 2.42. The first kappa shape index (κ1) is 132. The highest BCUT2D eigenvalue weighted by molar-refractivity contribution is 6.02. The van der Waals surface area contributed by atoms with E-state index in [0.29, 0.717) is 55.1 Å². The van der Waals surface area contributed by atoms with Crippen molar-refractivity contribution >= 4 is 141 Å². The number of aliphatic imine (C=N–C) groups is 1. The molecule has 19 atom stereocenters. The van der Waals surface area contributed by atoms with Crippen LogP contribution in [0.1, 0.15) is 271 Å². The molecule has 149 heavy (non-hydrogen) atoms. The molecule has 0 aliphatic rings. The number of hydrogen-bond donors (Lipinski definition) is 27. The van der Waals surface area contributed by atoms with Crippen LogP contribution in [0, 0.1) is 47.3 Å². The molecule has 0 aliphatic heterocycles. The Morgan fingerprint density at radius 3 is 1.10 bits per heavy atom. The quantitative estimate of drug-likeness (QED) is 0.0186. The van der Waals surface area contributed by atoms with Crippen LogP contribution in [0.5, 0.6) is 0 Å². The standard InChI is InChI=1S/C100H172N26O23/c1-19-57(15)81(96(145)117-64(31-25-27-41-102)87(136)114-67(35-38-76(104)129)88(137)118-70(44-52(5)6)92(141)115-66(34-37-75(103)128)86(135)111-59(17)84(133)113-65(32-28-42-108-100(106)107)90(139)125-82(58(16)20-2)97(146)122-74(99(148)149)47-55(11)12)123-79(132)50-110-85(134)73(48-61-49-109-63-30-24-23-29-62(61)63)121-95(144)80(56(13)14)124-98(147)83(60(18)127)126-94(143)72(46-54(9)10)119-89(138)68(36-39-77(105)130)116-93(142)71(45-53(7)8)120-91(140)69(43-51(3)4)112-78(131)33-22-21-26-40-101/h23-24,29-30,49,51-60,64-74,80-83,109,127H,19-22,25-28,31-48,50,101-102H2,1-18H3,(H2,103,128)(H2,104,129)(H2,105,130)(H,110,134)(H,111,135)(H,112,131)(H,113,133)(H,114,136)(H,115,141)(H,116,142)(H,117,145)(H,118,137)(H,119,138)(H,120,140)(H,121,144)(H,122,146)(H,123,132)(H,124,147)(H,125,139)(H,126,143)(H,148,149)(H4,106,107,108)/t57-,58-,59-,60+,64-,65-,66-,67-,68-,69-,70-,71-,72-,73-,74-,80-,81-,82-,83-/m0/s1. The summed E-state index contributed by atoms with van der Waals surface area (Å²) in [6, 6.07) is -16.8. The van der Waals surface area contributed by atoms with Gasteiger partial charge < -0.3 is 146 Å². The molecule has 0 saturated heterocycles. The number of para-hydroxylation sites is 1. The third-order valence-corrected chi connectivity index (χ3v) is 24.7. The molecule has 1 heterocycles. The first-order chi connectivity index (χ1) is 69.9. The SMILES string of the molecule is CC[C@H](C)[C@H](NC(=O)CNC(=O)[C@H](Cc1c[nH]c2ccccc12)NC(=O)[C@@H](NC(=O)[C@@H](NC(=O)[C@H](CC(C)C)NC(=O)[C@H](CCC(N)=O)NC(=O)[C@H](CC(C)C)NC(=O)[C@H](CC(C)C)NC(=O)CCCCCN)[C@@H](C)O)C(C)C)C(=O)N[C@@H](CCCCN)C(=O)N[C@@H](CCC(N)=O)C(=O)N[C@@H](CC(C)C)C(=O)N[C@@H](CCC(N)=O)C(=O)N[C@@H](C)C(=O)N[C@@H](CCCN=C(N)N)C(=O)N[C@H](C(=O)N[C@@H](CC(C)C)C(=O)O)[C@@H](C)CC. The van der Waals surface area contributed by atoms with Gasteiger partial charge >= 0.3 is 5.97 Å². The van der Waals surface area contributed by atoms with Crippen molar-refractivity contribution in [1.29, 1.82) is 0 Å². The van der Waals surface area contributed by atoms with Gasteiger partial charge in [0, 0.05) is 55.7 Å². The number of guanidine groups is 1. The number of aliphatic carboxylic acids is 1. The monoisotopic (exact) mass is 2110 g/mol. The van der Waals surface area contributed by atoms with Crippen molar-refractivity contribution in [2.45, 2.75) is 375 Å². The number of rotatable bonds is 74. The summed E-state index contributed by atoms with van der Waals surface area (Å²) >= 11 is 0. The van der Waals surface area contributed by atoms with Gasteiger partial charge in [-0.3, -0.25) is 101 Å². The molecule has 0 bridgehead atoms. The number of carboxylic acid groups (broad SMARTS) is 1. The summed E-state index contributed by atoms with van der Waals surface area (Å²) in [5.41, 5.74) is 40.4. The Labute approximate surface area is 872 Å². The number of fused-ring (bicyclic) bond motifs is 1. The summed E-state index contributed by atoms with van der Waals surface area (Å²) in [6.07, 6.45) is -0.126. The maximum atomic E-state index is 14.9. The second kappa shape index (κ2) is 68.4. The molecule has 1 aromatic heterocycles. The molecule has 0 spiro atoms. The van der Waals surface area contributed by atoms with Gasteiger partial charge in [-0.25, -0.2) is 4.79 Å². The highest BCUT2D eigenvalue weighted by Crippen LogP contribution is 2.23. The van der Waals surface area contributed by atoms with Gasteiger partial charge in [-0.15, -0.1) is 0 Å². The molecule has 0 aliphatic carbocycles. The normalized spacial score (nSPS) is 15.2. The number of carbonyl (C=O) groups excluding carboxylic acids is 20. The fourth-order valence-corrected chi connectivity index (χ4v) is 16.0. The first-order valence-electron chi connectivity index (χ1n) is 51.8. The first-order valence-corrected chi connectivity index (χ1v) is 51.8.